The summed E-state index contributed by atoms with van der Waals surface area (Å²) in [6.07, 6.45) is 0. The van der Waals surface area contributed by atoms with E-state index < -0.39 is 17.3 Å². The van der Waals surface area contributed by atoms with Gasteiger partial charge < -0.3 is 10.1 Å². The molecule has 0 spiro atoms. The quantitative estimate of drug-likeness (QED) is 0.699. The Morgan fingerprint density at radius 1 is 1.20 bits per heavy atom. The van der Waals surface area contributed by atoms with Crippen LogP contribution in [0.1, 0.15) is 27.2 Å². The SMILES string of the molecule is CNC(=O)c1c(OC)cc2n(c1=O)-c1ccc(Cl)cc1C(c1ccccc1F)=NC2. The Hall–Kier alpha value is -3.45. The molecule has 3 aromatic rings. The summed E-state index contributed by atoms with van der Waals surface area (Å²) in [5, 5.41) is 2.87. The van der Waals surface area contributed by atoms with E-state index in [1.807, 2.05) is 0 Å². The minimum absolute atomic E-state index is 0.0790. The molecule has 152 valence electrons. The highest BCUT2D eigenvalue weighted by atomic mass is 35.5. The van der Waals surface area contributed by atoms with E-state index in [-0.39, 0.29) is 17.9 Å². The maximum absolute atomic E-state index is 14.6. The number of carbonyl (C=O) groups is 1. The van der Waals surface area contributed by atoms with Gasteiger partial charge in [0.15, 0.2) is 0 Å². The number of pyridine rings is 1. The number of ether oxygens (including phenoxy) is 1. The third kappa shape index (κ3) is 3.17. The molecule has 1 N–H and O–H groups in total. The number of aliphatic imine (C=N–C) groups is 1. The first-order valence-corrected chi connectivity index (χ1v) is 9.48. The molecule has 0 aliphatic carbocycles. The number of aromatic nitrogens is 1. The zero-order valence-electron chi connectivity index (χ0n) is 16.2. The van der Waals surface area contributed by atoms with Gasteiger partial charge in [0, 0.05) is 29.3 Å². The van der Waals surface area contributed by atoms with Gasteiger partial charge in [0.25, 0.3) is 11.5 Å². The second-order valence-electron chi connectivity index (χ2n) is 6.60. The first-order chi connectivity index (χ1) is 14.5. The van der Waals surface area contributed by atoms with Gasteiger partial charge in [-0.15, -0.1) is 0 Å². The predicted molar refractivity (Wildman–Crippen MR) is 113 cm³/mol. The fraction of sp³-hybridized carbons (Fsp3) is 0.136. The van der Waals surface area contributed by atoms with Crippen LogP contribution in [0.5, 0.6) is 5.75 Å². The van der Waals surface area contributed by atoms with Crippen molar-refractivity contribution in [3.05, 3.63) is 92.1 Å². The second-order valence-corrected chi connectivity index (χ2v) is 7.04. The number of methoxy groups -OCH3 is 1. The second kappa shape index (κ2) is 7.76. The van der Waals surface area contributed by atoms with Crippen LogP contribution in [0, 0.1) is 5.82 Å². The number of nitrogens with one attached hydrogen (secondary N) is 1. The van der Waals surface area contributed by atoms with E-state index in [2.05, 4.69) is 10.3 Å². The Kier molecular flexibility index (Phi) is 5.13. The molecule has 1 aliphatic rings. The highest BCUT2D eigenvalue weighted by molar-refractivity contribution is 6.31. The van der Waals surface area contributed by atoms with Gasteiger partial charge in [0.1, 0.15) is 17.1 Å². The summed E-state index contributed by atoms with van der Waals surface area (Å²) in [5.41, 5.74) is 1.42. The van der Waals surface area contributed by atoms with Crippen molar-refractivity contribution in [3.63, 3.8) is 0 Å². The van der Waals surface area contributed by atoms with Crippen LogP contribution < -0.4 is 15.6 Å². The van der Waals surface area contributed by atoms with Crippen molar-refractivity contribution in [1.82, 2.24) is 9.88 Å². The average molecular weight is 426 g/mol. The highest BCUT2D eigenvalue weighted by Gasteiger charge is 2.26. The Bertz CT molecular complexity index is 1270. The largest absolute Gasteiger partial charge is 0.496 e. The summed E-state index contributed by atoms with van der Waals surface area (Å²) in [4.78, 5) is 30.3. The van der Waals surface area contributed by atoms with Crippen LogP contribution in [-0.4, -0.2) is 30.3 Å². The standard InChI is InChI=1S/C22H17ClFN3O3/c1-25-21(28)19-18(30-2)10-13-11-26-20(14-5-3-4-6-16(14)24)15-9-12(23)7-8-17(15)27(13)22(19)29/h3-10H,11H2,1-2H3,(H,25,28). The number of hydrogen-bond donors (Lipinski definition) is 1. The molecule has 0 bridgehead atoms. The summed E-state index contributed by atoms with van der Waals surface area (Å²) >= 11 is 6.22. The molecule has 0 atom stereocenters. The Balaban J connectivity index is 2.07. The van der Waals surface area contributed by atoms with Crippen LogP contribution in [0.15, 0.2) is 58.3 Å². The lowest BCUT2D eigenvalue weighted by atomic mass is 10.00. The van der Waals surface area contributed by atoms with E-state index in [0.29, 0.717) is 33.2 Å². The maximum Gasteiger partial charge on any atom is 0.272 e. The van der Waals surface area contributed by atoms with E-state index >= 15 is 0 Å². The maximum atomic E-state index is 14.6. The van der Waals surface area contributed by atoms with Crippen LogP contribution in [0.25, 0.3) is 5.69 Å². The number of nitrogens with zero attached hydrogens (tertiary/aromatic N) is 2. The number of amides is 1. The smallest absolute Gasteiger partial charge is 0.272 e. The van der Waals surface area contributed by atoms with Gasteiger partial charge in [0.2, 0.25) is 0 Å². The van der Waals surface area contributed by atoms with E-state index in [1.165, 1.54) is 24.8 Å². The van der Waals surface area contributed by atoms with Gasteiger partial charge in [-0.3, -0.25) is 19.1 Å². The molecule has 2 heterocycles. The van der Waals surface area contributed by atoms with Gasteiger partial charge >= 0.3 is 0 Å². The lowest BCUT2D eigenvalue weighted by Gasteiger charge is -2.17. The van der Waals surface area contributed by atoms with Crippen molar-refractivity contribution in [2.24, 2.45) is 4.99 Å². The van der Waals surface area contributed by atoms with Crippen LogP contribution in [-0.2, 0) is 6.54 Å². The molecule has 4 rings (SSSR count). The molecule has 1 aromatic heterocycles. The lowest BCUT2D eigenvalue weighted by Crippen LogP contribution is -2.33. The third-order valence-electron chi connectivity index (χ3n) is 4.91. The molecule has 2 aromatic carbocycles. The van der Waals surface area contributed by atoms with Crippen molar-refractivity contribution >= 4 is 23.2 Å². The molecule has 1 amide bonds. The van der Waals surface area contributed by atoms with Crippen molar-refractivity contribution in [3.8, 4) is 11.4 Å². The molecule has 1 aliphatic heterocycles. The monoisotopic (exact) mass is 425 g/mol. The molecule has 0 radical (unpaired) electrons. The predicted octanol–water partition coefficient (Wildman–Crippen LogP) is 3.35. The van der Waals surface area contributed by atoms with Crippen LogP contribution >= 0.6 is 11.6 Å². The van der Waals surface area contributed by atoms with Gasteiger partial charge in [-0.05, 0) is 30.3 Å². The minimum atomic E-state index is -0.567. The van der Waals surface area contributed by atoms with Gasteiger partial charge in [-0.25, -0.2) is 4.39 Å². The number of fused-ring (bicyclic) bond motifs is 3. The van der Waals surface area contributed by atoms with Crippen LogP contribution in [0.4, 0.5) is 4.39 Å². The number of benzene rings is 2. The lowest BCUT2D eigenvalue weighted by molar-refractivity contribution is 0.0958. The molecule has 8 heteroatoms. The molecule has 6 nitrogen and oxygen atoms in total. The van der Waals surface area contributed by atoms with E-state index in [9.17, 15) is 14.0 Å². The van der Waals surface area contributed by atoms with E-state index in [4.69, 9.17) is 16.3 Å². The first-order valence-electron chi connectivity index (χ1n) is 9.11. The fourth-order valence-electron chi connectivity index (χ4n) is 3.53. The fourth-order valence-corrected chi connectivity index (χ4v) is 3.70. The summed E-state index contributed by atoms with van der Waals surface area (Å²) in [5.74, 6) is -0.864. The Morgan fingerprint density at radius 3 is 2.67 bits per heavy atom. The van der Waals surface area contributed by atoms with Crippen LogP contribution in [0.2, 0.25) is 5.02 Å². The highest BCUT2D eigenvalue weighted by Crippen LogP contribution is 2.29. The molecular weight excluding hydrogens is 409 g/mol. The van der Waals surface area contributed by atoms with Crippen molar-refractivity contribution in [2.45, 2.75) is 6.54 Å². The average Bonchev–Trinajstić information content (AvgIpc) is 2.90. The Labute approximate surface area is 176 Å². The number of rotatable bonds is 3. The number of carbonyl (C=O) groups excluding carboxylic acids is 1. The molecule has 0 unspecified atom stereocenters. The molecular formula is C22H17ClFN3O3. The van der Waals surface area contributed by atoms with Gasteiger partial charge in [0.05, 0.1) is 30.7 Å². The summed E-state index contributed by atoms with van der Waals surface area (Å²) in [6.45, 7) is 0.0790. The van der Waals surface area contributed by atoms with Crippen LogP contribution in [0.3, 0.4) is 0 Å². The third-order valence-corrected chi connectivity index (χ3v) is 5.14. The zero-order valence-corrected chi connectivity index (χ0v) is 17.0. The zero-order chi connectivity index (χ0) is 21.4. The summed E-state index contributed by atoms with van der Waals surface area (Å²) in [7, 11) is 2.82. The summed E-state index contributed by atoms with van der Waals surface area (Å²) in [6, 6.07) is 12.8. The number of halogens is 2. The van der Waals surface area contributed by atoms with Crippen molar-refractivity contribution < 1.29 is 13.9 Å². The Morgan fingerprint density at radius 2 is 1.97 bits per heavy atom. The first kappa shape index (κ1) is 19.8. The molecule has 0 saturated heterocycles. The molecule has 0 fully saturated rings. The molecule has 0 saturated carbocycles. The normalized spacial score (nSPS) is 12.3. The van der Waals surface area contributed by atoms with Crippen molar-refractivity contribution in [1.29, 1.82) is 0 Å². The molecule has 30 heavy (non-hydrogen) atoms. The van der Waals surface area contributed by atoms with E-state index in [0.717, 1.165) is 0 Å². The summed E-state index contributed by atoms with van der Waals surface area (Å²) < 4.78 is 21.3. The topological polar surface area (TPSA) is 72.7 Å². The van der Waals surface area contributed by atoms with Gasteiger partial charge in [-0.2, -0.15) is 0 Å². The van der Waals surface area contributed by atoms with Gasteiger partial charge in [-0.1, -0.05) is 23.7 Å². The van der Waals surface area contributed by atoms with E-state index in [1.54, 1.807) is 42.5 Å². The number of hydrogen-bond acceptors (Lipinski definition) is 4. The van der Waals surface area contributed by atoms with Crippen molar-refractivity contribution in [2.75, 3.05) is 14.2 Å². The minimum Gasteiger partial charge on any atom is -0.496 e.